The molecule has 3 nitrogen and oxygen atoms in total. The second-order valence-corrected chi connectivity index (χ2v) is 9.73. The maximum absolute atomic E-state index is 5.49. The van der Waals surface area contributed by atoms with Gasteiger partial charge in [-0.25, -0.2) is 0 Å². The first-order valence-corrected chi connectivity index (χ1v) is 12.4. The maximum atomic E-state index is 5.49. The molecule has 1 saturated heterocycles. The Labute approximate surface area is 189 Å². The fourth-order valence-electron chi connectivity index (χ4n) is 4.34. The van der Waals surface area contributed by atoms with Crippen LogP contribution in [-0.4, -0.2) is 37.9 Å². The summed E-state index contributed by atoms with van der Waals surface area (Å²) in [4.78, 5) is 5.11. The molecule has 4 rings (SSSR count). The van der Waals surface area contributed by atoms with Crippen molar-refractivity contribution >= 4 is 11.4 Å². The van der Waals surface area contributed by atoms with Gasteiger partial charge in [0.25, 0.3) is 0 Å². The molecule has 31 heavy (non-hydrogen) atoms. The summed E-state index contributed by atoms with van der Waals surface area (Å²) >= 11 is 0. The summed E-state index contributed by atoms with van der Waals surface area (Å²) in [5, 5.41) is 0. The van der Waals surface area contributed by atoms with Gasteiger partial charge in [-0.2, -0.15) is 0 Å². The van der Waals surface area contributed by atoms with Crippen LogP contribution in [-0.2, 0) is 11.2 Å². The third-order valence-electron chi connectivity index (χ3n) is 7.14. The van der Waals surface area contributed by atoms with Crippen LogP contribution in [0.4, 0.5) is 11.4 Å². The fourth-order valence-corrected chi connectivity index (χ4v) is 4.34. The quantitative estimate of drug-likeness (QED) is 0.376. The second kappa shape index (κ2) is 10.1. The van der Waals surface area contributed by atoms with E-state index in [0.717, 1.165) is 31.9 Å². The number of hydrogen-bond donors (Lipinski definition) is 0. The zero-order valence-electron chi connectivity index (χ0n) is 19.9. The molecule has 3 unspecified atom stereocenters. The van der Waals surface area contributed by atoms with Crippen LogP contribution in [0.1, 0.15) is 64.5 Å². The molecule has 1 aliphatic heterocycles. The average Bonchev–Trinajstić information content (AvgIpc) is 3.72. The van der Waals surface area contributed by atoms with E-state index in [1.807, 2.05) is 0 Å². The molecule has 0 spiro atoms. The third-order valence-corrected chi connectivity index (χ3v) is 7.14. The first kappa shape index (κ1) is 22.2. The van der Waals surface area contributed by atoms with Crippen molar-refractivity contribution in [3.63, 3.8) is 0 Å². The Morgan fingerprint density at radius 3 is 1.61 bits per heavy atom. The Hall–Kier alpha value is -2.00. The highest BCUT2D eigenvalue weighted by atomic mass is 16.6. The number of anilines is 2. The smallest absolute Gasteiger partial charge is 0.0984 e. The number of benzene rings is 2. The highest BCUT2D eigenvalue weighted by Gasteiger charge is 2.28. The summed E-state index contributed by atoms with van der Waals surface area (Å²) in [5.74, 6) is 0.911. The molecule has 2 aliphatic rings. The molecule has 2 aromatic carbocycles. The van der Waals surface area contributed by atoms with E-state index in [4.69, 9.17) is 4.74 Å². The van der Waals surface area contributed by atoms with Crippen LogP contribution < -0.4 is 9.80 Å². The topological polar surface area (TPSA) is 19.0 Å². The van der Waals surface area contributed by atoms with Crippen LogP contribution in [0.2, 0.25) is 0 Å². The normalized spacial score (nSPS) is 19.7. The Bertz CT molecular complexity index is 738. The van der Waals surface area contributed by atoms with Gasteiger partial charge in [0.2, 0.25) is 0 Å². The SMILES string of the molecule is CCC(C)N(CC1CC1)c1ccc(Cc2ccc(N(CC3CO3)C(C)CC)cc2)cc1. The van der Waals surface area contributed by atoms with Crippen LogP contribution in [0.25, 0.3) is 0 Å². The average molecular weight is 421 g/mol. The molecule has 1 saturated carbocycles. The molecular formula is C28H40N2O. The lowest BCUT2D eigenvalue weighted by molar-refractivity contribution is 0.401. The first-order valence-electron chi connectivity index (χ1n) is 12.4. The number of hydrogen-bond acceptors (Lipinski definition) is 3. The second-order valence-electron chi connectivity index (χ2n) is 9.73. The fraction of sp³-hybridized carbons (Fsp3) is 0.571. The molecule has 1 heterocycles. The molecule has 0 aromatic heterocycles. The highest BCUT2D eigenvalue weighted by Crippen LogP contribution is 2.33. The van der Waals surface area contributed by atoms with E-state index in [2.05, 4.69) is 86.0 Å². The molecule has 2 aromatic rings. The van der Waals surface area contributed by atoms with Crippen LogP contribution in [0.5, 0.6) is 0 Å². The van der Waals surface area contributed by atoms with Gasteiger partial charge in [-0.3, -0.25) is 0 Å². The standard InChI is InChI=1S/C28H40N2O/c1-5-21(3)29(18-25-7-8-25)26-13-9-23(10-14-26)17-24-11-15-27(16-12-24)30(22(4)6-2)19-28-20-31-28/h9-16,21-22,25,28H,5-8,17-20H2,1-4H3. The summed E-state index contributed by atoms with van der Waals surface area (Å²) in [7, 11) is 0. The summed E-state index contributed by atoms with van der Waals surface area (Å²) in [6, 6.07) is 19.6. The summed E-state index contributed by atoms with van der Waals surface area (Å²) < 4.78 is 5.49. The van der Waals surface area contributed by atoms with Crippen molar-refractivity contribution in [2.45, 2.75) is 78.0 Å². The predicted molar refractivity (Wildman–Crippen MR) is 132 cm³/mol. The third kappa shape index (κ3) is 6.04. The van der Waals surface area contributed by atoms with Crippen molar-refractivity contribution in [2.24, 2.45) is 5.92 Å². The summed E-state index contributed by atoms with van der Waals surface area (Å²) in [5.41, 5.74) is 5.46. The van der Waals surface area contributed by atoms with Gasteiger partial charge in [0.05, 0.1) is 12.7 Å². The van der Waals surface area contributed by atoms with E-state index in [9.17, 15) is 0 Å². The van der Waals surface area contributed by atoms with Crippen LogP contribution in [0, 0.1) is 5.92 Å². The molecule has 1 aliphatic carbocycles. The van der Waals surface area contributed by atoms with E-state index in [1.165, 1.54) is 48.3 Å². The lowest BCUT2D eigenvalue weighted by Crippen LogP contribution is -2.35. The van der Waals surface area contributed by atoms with Gasteiger partial charge in [0, 0.05) is 36.5 Å². The van der Waals surface area contributed by atoms with E-state index >= 15 is 0 Å². The number of nitrogens with zero attached hydrogens (tertiary/aromatic N) is 2. The van der Waals surface area contributed by atoms with Crippen molar-refractivity contribution in [3.8, 4) is 0 Å². The Morgan fingerprint density at radius 2 is 1.23 bits per heavy atom. The van der Waals surface area contributed by atoms with Gasteiger partial charge >= 0.3 is 0 Å². The molecule has 0 amide bonds. The molecule has 3 heteroatoms. The van der Waals surface area contributed by atoms with E-state index in [-0.39, 0.29) is 0 Å². The van der Waals surface area contributed by atoms with Gasteiger partial charge < -0.3 is 14.5 Å². The minimum Gasteiger partial charge on any atom is -0.371 e. The van der Waals surface area contributed by atoms with Crippen molar-refractivity contribution in [1.29, 1.82) is 0 Å². The van der Waals surface area contributed by atoms with E-state index in [1.54, 1.807) is 0 Å². The minimum absolute atomic E-state index is 0.419. The summed E-state index contributed by atoms with van der Waals surface area (Å²) in [6.45, 7) is 12.4. The zero-order chi connectivity index (χ0) is 21.8. The molecular weight excluding hydrogens is 380 g/mol. The van der Waals surface area contributed by atoms with Crippen molar-refractivity contribution in [2.75, 3.05) is 29.5 Å². The molecule has 0 bridgehead atoms. The first-order chi connectivity index (χ1) is 15.1. The largest absolute Gasteiger partial charge is 0.371 e. The minimum atomic E-state index is 0.419. The van der Waals surface area contributed by atoms with Crippen LogP contribution in [0.3, 0.4) is 0 Å². The van der Waals surface area contributed by atoms with Gasteiger partial charge in [0.15, 0.2) is 0 Å². The van der Waals surface area contributed by atoms with Gasteiger partial charge in [-0.1, -0.05) is 38.1 Å². The predicted octanol–water partition coefficient (Wildman–Crippen LogP) is 6.30. The van der Waals surface area contributed by atoms with Gasteiger partial charge in [-0.05, 0) is 87.3 Å². The van der Waals surface area contributed by atoms with Gasteiger partial charge in [-0.15, -0.1) is 0 Å². The molecule has 3 atom stereocenters. The zero-order valence-corrected chi connectivity index (χ0v) is 19.9. The Kier molecular flexibility index (Phi) is 7.22. The summed E-state index contributed by atoms with van der Waals surface area (Å²) in [6.07, 6.45) is 6.56. The van der Waals surface area contributed by atoms with Crippen LogP contribution in [0.15, 0.2) is 48.5 Å². The Balaban J connectivity index is 1.40. The van der Waals surface area contributed by atoms with Crippen molar-refractivity contribution in [3.05, 3.63) is 59.7 Å². The molecule has 0 N–H and O–H groups in total. The van der Waals surface area contributed by atoms with Crippen LogP contribution >= 0.6 is 0 Å². The molecule has 0 radical (unpaired) electrons. The lowest BCUT2D eigenvalue weighted by atomic mass is 10.0. The van der Waals surface area contributed by atoms with Crippen molar-refractivity contribution in [1.82, 2.24) is 0 Å². The monoisotopic (exact) mass is 420 g/mol. The van der Waals surface area contributed by atoms with Gasteiger partial charge in [0.1, 0.15) is 0 Å². The van der Waals surface area contributed by atoms with Crippen molar-refractivity contribution < 1.29 is 4.74 Å². The lowest BCUT2D eigenvalue weighted by Gasteiger charge is -2.31. The number of ether oxygens (including phenoxy) is 1. The maximum Gasteiger partial charge on any atom is 0.0984 e. The highest BCUT2D eigenvalue weighted by molar-refractivity contribution is 5.51. The number of rotatable bonds is 12. The molecule has 168 valence electrons. The Morgan fingerprint density at radius 1 is 0.774 bits per heavy atom. The van der Waals surface area contributed by atoms with E-state index < -0.39 is 0 Å². The van der Waals surface area contributed by atoms with E-state index in [0.29, 0.717) is 18.2 Å². The number of epoxide rings is 1. The molecule has 2 fully saturated rings.